The predicted octanol–water partition coefficient (Wildman–Crippen LogP) is 3.41. The van der Waals surface area contributed by atoms with Crippen molar-refractivity contribution in [2.75, 3.05) is 20.1 Å². The van der Waals surface area contributed by atoms with Gasteiger partial charge < -0.3 is 4.90 Å². The number of allylic oxidation sites excluding steroid dienone is 4. The fourth-order valence-electron chi connectivity index (χ4n) is 1.90. The Balaban J connectivity index is 2.48. The number of hydrogen-bond acceptors (Lipinski definition) is 1. The van der Waals surface area contributed by atoms with Crippen LogP contribution in [-0.4, -0.2) is 25.0 Å². The van der Waals surface area contributed by atoms with E-state index in [1.54, 1.807) is 5.57 Å². The largest absolute Gasteiger partial charge is 0.306 e. The van der Waals surface area contributed by atoms with Gasteiger partial charge in [-0.1, -0.05) is 29.9 Å². The summed E-state index contributed by atoms with van der Waals surface area (Å²) in [5.74, 6) is 0.527. The Bertz CT molecular complexity index is 240. The molecule has 1 heterocycles. The van der Waals surface area contributed by atoms with Crippen LogP contribution in [0.4, 0.5) is 0 Å². The Morgan fingerprint density at radius 3 is 2.60 bits per heavy atom. The van der Waals surface area contributed by atoms with E-state index in [4.69, 9.17) is 0 Å². The maximum absolute atomic E-state index is 3.91. The number of nitrogens with zero attached hydrogens (tertiary/aromatic N) is 1. The van der Waals surface area contributed by atoms with Gasteiger partial charge in [-0.3, -0.25) is 0 Å². The minimum atomic E-state index is 0.527. The molecule has 0 N–H and O–H groups in total. The number of hydrogen-bond donors (Lipinski definition) is 0. The van der Waals surface area contributed by atoms with Crippen molar-refractivity contribution in [1.82, 2.24) is 4.90 Å². The predicted molar refractivity (Wildman–Crippen MR) is 67.9 cm³/mol. The lowest BCUT2D eigenvalue weighted by Gasteiger charge is -2.24. The van der Waals surface area contributed by atoms with E-state index in [1.165, 1.54) is 25.9 Å². The first-order valence-corrected chi connectivity index (χ1v) is 5.88. The molecule has 0 aromatic heterocycles. The van der Waals surface area contributed by atoms with E-state index >= 15 is 0 Å². The van der Waals surface area contributed by atoms with Gasteiger partial charge in [-0.15, -0.1) is 6.58 Å². The monoisotopic (exact) mass is 205 g/mol. The Morgan fingerprint density at radius 2 is 2.07 bits per heavy atom. The molecule has 1 aliphatic heterocycles. The third-order valence-corrected chi connectivity index (χ3v) is 3.03. The van der Waals surface area contributed by atoms with Gasteiger partial charge in [0.05, 0.1) is 0 Å². The minimum Gasteiger partial charge on any atom is -0.306 e. The van der Waals surface area contributed by atoms with Crippen LogP contribution in [0.2, 0.25) is 0 Å². The molecular formula is C14H23N. The summed E-state index contributed by atoms with van der Waals surface area (Å²) < 4.78 is 0. The molecule has 1 aliphatic rings. The van der Waals surface area contributed by atoms with Gasteiger partial charge in [-0.2, -0.15) is 0 Å². The second-order valence-electron chi connectivity index (χ2n) is 4.33. The number of rotatable bonds is 4. The quantitative estimate of drug-likeness (QED) is 0.636. The first kappa shape index (κ1) is 12.3. The molecule has 0 aliphatic carbocycles. The molecule has 0 saturated carbocycles. The molecule has 1 heteroatoms. The summed E-state index contributed by atoms with van der Waals surface area (Å²) >= 11 is 0. The molecule has 1 unspecified atom stereocenters. The summed E-state index contributed by atoms with van der Waals surface area (Å²) in [7, 11) is 2.20. The third kappa shape index (κ3) is 4.48. The van der Waals surface area contributed by atoms with Crippen LogP contribution in [0.1, 0.15) is 26.2 Å². The molecule has 0 aromatic rings. The highest BCUT2D eigenvalue weighted by Gasteiger charge is 2.10. The van der Waals surface area contributed by atoms with Gasteiger partial charge in [0.15, 0.2) is 0 Å². The van der Waals surface area contributed by atoms with Crippen molar-refractivity contribution in [3.05, 3.63) is 36.5 Å². The van der Waals surface area contributed by atoms with Gasteiger partial charge in [0.1, 0.15) is 0 Å². The second kappa shape index (κ2) is 6.62. The van der Waals surface area contributed by atoms with Crippen molar-refractivity contribution in [1.29, 1.82) is 0 Å². The van der Waals surface area contributed by atoms with Gasteiger partial charge in [-0.25, -0.2) is 0 Å². The Labute approximate surface area is 94.2 Å². The molecule has 0 bridgehead atoms. The van der Waals surface area contributed by atoms with E-state index in [1.807, 2.05) is 0 Å². The van der Waals surface area contributed by atoms with Crippen LogP contribution < -0.4 is 0 Å². The SMILES string of the molecule is C=CC(C=C1CCN(C)CC1)C/C=C\C. The number of likely N-dealkylation sites (tertiary alicyclic amines) is 1. The van der Waals surface area contributed by atoms with Crippen molar-refractivity contribution in [3.8, 4) is 0 Å². The average molecular weight is 205 g/mol. The van der Waals surface area contributed by atoms with E-state index in [-0.39, 0.29) is 0 Å². The molecular weight excluding hydrogens is 182 g/mol. The molecule has 0 radical (unpaired) electrons. The minimum absolute atomic E-state index is 0.527. The summed E-state index contributed by atoms with van der Waals surface area (Å²) in [6.07, 6.45) is 12.4. The van der Waals surface area contributed by atoms with Crippen LogP contribution >= 0.6 is 0 Å². The summed E-state index contributed by atoms with van der Waals surface area (Å²) in [5.41, 5.74) is 1.61. The van der Waals surface area contributed by atoms with E-state index in [9.17, 15) is 0 Å². The first-order chi connectivity index (χ1) is 7.26. The normalized spacial score (nSPS) is 20.5. The molecule has 15 heavy (non-hydrogen) atoms. The third-order valence-electron chi connectivity index (χ3n) is 3.03. The standard InChI is InChI=1S/C14H23N/c1-4-6-7-13(5-2)12-14-8-10-15(3)11-9-14/h4-6,12-13H,2,7-11H2,1,3H3/b6-4-. The van der Waals surface area contributed by atoms with Crippen LogP contribution in [0.5, 0.6) is 0 Å². The van der Waals surface area contributed by atoms with Crippen molar-refractivity contribution in [2.45, 2.75) is 26.2 Å². The molecule has 0 aromatic carbocycles. The average Bonchev–Trinajstić information content (AvgIpc) is 2.27. The fraction of sp³-hybridized carbons (Fsp3) is 0.571. The lowest BCUT2D eigenvalue weighted by atomic mass is 9.96. The molecule has 1 saturated heterocycles. The zero-order valence-corrected chi connectivity index (χ0v) is 10.1. The maximum atomic E-state index is 3.91. The van der Waals surface area contributed by atoms with Crippen molar-refractivity contribution in [2.24, 2.45) is 5.92 Å². The molecule has 0 spiro atoms. The van der Waals surface area contributed by atoms with E-state index in [2.05, 4.69) is 49.8 Å². The van der Waals surface area contributed by atoms with E-state index in [0.717, 1.165) is 6.42 Å². The molecule has 1 rings (SSSR count). The second-order valence-corrected chi connectivity index (χ2v) is 4.33. The topological polar surface area (TPSA) is 3.24 Å². The van der Waals surface area contributed by atoms with E-state index in [0.29, 0.717) is 5.92 Å². The summed E-state index contributed by atoms with van der Waals surface area (Å²) in [6, 6.07) is 0. The zero-order valence-electron chi connectivity index (χ0n) is 10.1. The molecule has 1 fully saturated rings. The molecule has 1 atom stereocenters. The van der Waals surface area contributed by atoms with Crippen LogP contribution in [0.25, 0.3) is 0 Å². The lowest BCUT2D eigenvalue weighted by Crippen LogP contribution is -2.26. The molecule has 84 valence electrons. The first-order valence-electron chi connectivity index (χ1n) is 5.88. The zero-order chi connectivity index (χ0) is 11.1. The summed E-state index contributed by atoms with van der Waals surface area (Å²) in [5, 5.41) is 0. The van der Waals surface area contributed by atoms with Gasteiger partial charge in [-0.05, 0) is 39.2 Å². The highest BCUT2D eigenvalue weighted by Crippen LogP contribution is 2.19. The Hall–Kier alpha value is -0.820. The summed E-state index contributed by atoms with van der Waals surface area (Å²) in [6.45, 7) is 8.39. The van der Waals surface area contributed by atoms with Crippen LogP contribution in [-0.2, 0) is 0 Å². The maximum Gasteiger partial charge on any atom is 0.00157 e. The lowest BCUT2D eigenvalue weighted by molar-refractivity contribution is 0.311. The smallest absolute Gasteiger partial charge is 0.00157 e. The van der Waals surface area contributed by atoms with Crippen LogP contribution in [0.3, 0.4) is 0 Å². The fourth-order valence-corrected chi connectivity index (χ4v) is 1.90. The molecule has 1 nitrogen and oxygen atoms in total. The highest BCUT2D eigenvalue weighted by molar-refractivity contribution is 5.12. The molecule has 0 amide bonds. The van der Waals surface area contributed by atoms with E-state index < -0.39 is 0 Å². The number of piperidine rings is 1. The van der Waals surface area contributed by atoms with Crippen LogP contribution in [0, 0.1) is 5.92 Å². The van der Waals surface area contributed by atoms with Crippen LogP contribution in [0.15, 0.2) is 36.5 Å². The van der Waals surface area contributed by atoms with Gasteiger partial charge >= 0.3 is 0 Å². The highest BCUT2D eigenvalue weighted by atomic mass is 15.1. The Kier molecular flexibility index (Phi) is 5.41. The van der Waals surface area contributed by atoms with Crippen molar-refractivity contribution < 1.29 is 0 Å². The summed E-state index contributed by atoms with van der Waals surface area (Å²) in [4.78, 5) is 2.40. The van der Waals surface area contributed by atoms with Gasteiger partial charge in [0.2, 0.25) is 0 Å². The van der Waals surface area contributed by atoms with Gasteiger partial charge in [0.25, 0.3) is 0 Å². The Morgan fingerprint density at radius 1 is 1.40 bits per heavy atom. The van der Waals surface area contributed by atoms with Crippen molar-refractivity contribution >= 4 is 0 Å². The van der Waals surface area contributed by atoms with Gasteiger partial charge in [0, 0.05) is 13.1 Å². The van der Waals surface area contributed by atoms with Crippen molar-refractivity contribution in [3.63, 3.8) is 0 Å².